The fourth-order valence-electron chi connectivity index (χ4n) is 4.76. The normalized spacial score (nSPS) is 13.5. The van der Waals surface area contributed by atoms with E-state index in [1.165, 1.54) is 27.8 Å². The zero-order valence-electron chi connectivity index (χ0n) is 18.6. The van der Waals surface area contributed by atoms with Crippen molar-refractivity contribution in [3.05, 3.63) is 118 Å². The van der Waals surface area contributed by atoms with Crippen LogP contribution in [0.2, 0.25) is 5.02 Å². The second-order valence-electron chi connectivity index (χ2n) is 8.73. The number of hydrogen-bond acceptors (Lipinski definition) is 2. The molecule has 0 amide bonds. The Morgan fingerprint density at radius 3 is 2.24 bits per heavy atom. The van der Waals surface area contributed by atoms with Crippen LogP contribution in [0.1, 0.15) is 40.7 Å². The quantitative estimate of drug-likeness (QED) is 0.311. The molecule has 164 valence electrons. The van der Waals surface area contributed by atoms with Gasteiger partial charge in [0.1, 0.15) is 5.75 Å². The van der Waals surface area contributed by atoms with E-state index in [9.17, 15) is 5.11 Å². The molecule has 0 unspecified atom stereocenters. The molecule has 4 aromatic carbocycles. The molecular weight excluding hydrogens is 426 g/mol. The molecule has 4 aromatic rings. The third-order valence-electron chi connectivity index (χ3n) is 6.39. The summed E-state index contributed by atoms with van der Waals surface area (Å²) >= 11 is 6.14. The van der Waals surface area contributed by atoms with Crippen molar-refractivity contribution in [3.63, 3.8) is 0 Å². The van der Waals surface area contributed by atoms with Crippen LogP contribution in [0.15, 0.2) is 84.9 Å². The van der Waals surface area contributed by atoms with E-state index in [2.05, 4.69) is 55.5 Å². The summed E-state index contributed by atoms with van der Waals surface area (Å²) in [7, 11) is 0. The fourth-order valence-corrected chi connectivity index (χ4v) is 4.93. The minimum Gasteiger partial charge on any atom is -0.507 e. The van der Waals surface area contributed by atoms with E-state index in [0.29, 0.717) is 5.02 Å². The lowest BCUT2D eigenvalue weighted by Crippen LogP contribution is -1.97. The van der Waals surface area contributed by atoms with Crippen molar-refractivity contribution in [2.75, 3.05) is 5.73 Å². The maximum Gasteiger partial charge on any atom is 0.124 e. The van der Waals surface area contributed by atoms with Gasteiger partial charge in [0.2, 0.25) is 0 Å². The Hall–Kier alpha value is -3.49. The van der Waals surface area contributed by atoms with Crippen LogP contribution >= 0.6 is 11.6 Å². The predicted octanol–water partition coefficient (Wildman–Crippen LogP) is 7.90. The number of nitrogens with two attached hydrogens (primary N) is 1. The van der Waals surface area contributed by atoms with E-state index in [-0.39, 0.29) is 5.75 Å². The summed E-state index contributed by atoms with van der Waals surface area (Å²) in [5, 5.41) is 11.3. The third-order valence-corrected chi connectivity index (χ3v) is 6.63. The molecule has 1 aliphatic rings. The Labute approximate surface area is 200 Å². The van der Waals surface area contributed by atoms with Gasteiger partial charge >= 0.3 is 0 Å². The Morgan fingerprint density at radius 1 is 0.758 bits per heavy atom. The van der Waals surface area contributed by atoms with Crippen LogP contribution in [0.3, 0.4) is 0 Å². The maximum atomic E-state index is 10.8. The SMILES string of the molecule is Cc1ccc(C2=C(c3ccc(Cl)cc3O)CCCc3cc(-c4cccc(N)c4)ccc32)cc1. The van der Waals surface area contributed by atoms with Crippen molar-refractivity contribution >= 4 is 28.4 Å². The number of anilines is 1. The number of phenols is 1. The third kappa shape index (κ3) is 4.27. The molecule has 0 radical (unpaired) electrons. The van der Waals surface area contributed by atoms with Gasteiger partial charge in [-0.15, -0.1) is 0 Å². The van der Waals surface area contributed by atoms with Crippen molar-refractivity contribution in [3.8, 4) is 16.9 Å². The molecule has 3 heteroatoms. The van der Waals surface area contributed by atoms with E-state index in [0.717, 1.165) is 47.2 Å². The molecule has 0 saturated heterocycles. The Balaban J connectivity index is 1.74. The van der Waals surface area contributed by atoms with Crippen LogP contribution in [0, 0.1) is 6.92 Å². The highest BCUT2D eigenvalue weighted by Gasteiger charge is 2.22. The summed E-state index contributed by atoms with van der Waals surface area (Å²) < 4.78 is 0. The molecule has 2 nitrogen and oxygen atoms in total. The standard InChI is InChI=1S/C30H26ClNO/c1-19-8-10-20(11-9-19)30-26-14-12-22(21-4-2-6-25(32)17-21)16-23(26)5-3-7-28(30)27-15-13-24(31)18-29(27)33/h2,4,6,8-18,33H,3,5,7,32H2,1H3. The molecule has 3 N–H and O–H groups in total. The first-order valence-electron chi connectivity index (χ1n) is 11.3. The van der Waals surface area contributed by atoms with E-state index < -0.39 is 0 Å². The van der Waals surface area contributed by atoms with Crippen LogP contribution in [-0.4, -0.2) is 5.11 Å². The summed E-state index contributed by atoms with van der Waals surface area (Å²) in [5.41, 5.74) is 17.2. The monoisotopic (exact) mass is 451 g/mol. The fraction of sp³-hybridized carbons (Fsp3) is 0.133. The van der Waals surface area contributed by atoms with E-state index in [4.69, 9.17) is 17.3 Å². The van der Waals surface area contributed by atoms with Gasteiger partial charge in [-0.25, -0.2) is 0 Å². The number of halogens is 1. The average molecular weight is 452 g/mol. The summed E-state index contributed by atoms with van der Waals surface area (Å²) in [6.45, 7) is 2.10. The van der Waals surface area contributed by atoms with Crippen LogP contribution in [0.5, 0.6) is 5.75 Å². The molecule has 5 rings (SSSR count). The molecule has 0 aliphatic heterocycles. The molecule has 33 heavy (non-hydrogen) atoms. The molecule has 1 aliphatic carbocycles. The molecule has 0 bridgehead atoms. The van der Waals surface area contributed by atoms with E-state index >= 15 is 0 Å². The van der Waals surface area contributed by atoms with Gasteiger partial charge in [0, 0.05) is 16.3 Å². The first kappa shape index (κ1) is 21.4. The summed E-state index contributed by atoms with van der Waals surface area (Å²) in [4.78, 5) is 0. The molecule has 0 atom stereocenters. The second kappa shape index (κ2) is 8.80. The molecule has 0 aromatic heterocycles. The number of aromatic hydroxyl groups is 1. The molecule has 0 spiro atoms. The van der Waals surface area contributed by atoms with Crippen molar-refractivity contribution in [2.45, 2.75) is 26.2 Å². The van der Waals surface area contributed by atoms with Gasteiger partial charge in [-0.3, -0.25) is 0 Å². The molecular formula is C30H26ClNO. The van der Waals surface area contributed by atoms with Crippen molar-refractivity contribution in [1.29, 1.82) is 0 Å². The second-order valence-corrected chi connectivity index (χ2v) is 9.17. The summed E-state index contributed by atoms with van der Waals surface area (Å²) in [6, 6.07) is 28.8. The number of rotatable bonds is 3. The number of fused-ring (bicyclic) bond motifs is 1. The van der Waals surface area contributed by atoms with Crippen molar-refractivity contribution in [1.82, 2.24) is 0 Å². The number of phenolic OH excluding ortho intramolecular Hbond substituents is 1. The van der Waals surface area contributed by atoms with Gasteiger partial charge in [-0.2, -0.15) is 0 Å². The van der Waals surface area contributed by atoms with Gasteiger partial charge in [0.15, 0.2) is 0 Å². The lowest BCUT2D eigenvalue weighted by atomic mass is 9.86. The Bertz CT molecular complexity index is 1370. The summed E-state index contributed by atoms with van der Waals surface area (Å²) in [5.74, 6) is 0.224. The van der Waals surface area contributed by atoms with Gasteiger partial charge in [0.25, 0.3) is 0 Å². The highest BCUT2D eigenvalue weighted by atomic mass is 35.5. The lowest BCUT2D eigenvalue weighted by Gasteiger charge is -2.18. The number of benzene rings is 4. The lowest BCUT2D eigenvalue weighted by molar-refractivity contribution is 0.473. The smallest absolute Gasteiger partial charge is 0.124 e. The van der Waals surface area contributed by atoms with Gasteiger partial charge < -0.3 is 10.8 Å². The van der Waals surface area contributed by atoms with Crippen molar-refractivity contribution in [2.24, 2.45) is 0 Å². The Morgan fingerprint density at radius 2 is 1.48 bits per heavy atom. The zero-order valence-corrected chi connectivity index (χ0v) is 19.4. The minimum absolute atomic E-state index is 0.224. The van der Waals surface area contributed by atoms with Crippen LogP contribution < -0.4 is 5.73 Å². The topological polar surface area (TPSA) is 46.2 Å². The molecule has 0 saturated carbocycles. The largest absolute Gasteiger partial charge is 0.507 e. The van der Waals surface area contributed by atoms with Crippen LogP contribution in [-0.2, 0) is 6.42 Å². The predicted molar refractivity (Wildman–Crippen MR) is 139 cm³/mol. The highest BCUT2D eigenvalue weighted by molar-refractivity contribution is 6.30. The van der Waals surface area contributed by atoms with Crippen LogP contribution in [0.25, 0.3) is 22.3 Å². The summed E-state index contributed by atoms with van der Waals surface area (Å²) in [6.07, 6.45) is 2.85. The number of aryl methyl sites for hydroxylation is 2. The number of allylic oxidation sites excluding steroid dienone is 1. The van der Waals surface area contributed by atoms with Gasteiger partial charge in [-0.05, 0) is 95.5 Å². The number of nitrogen functional groups attached to an aromatic ring is 1. The van der Waals surface area contributed by atoms with Gasteiger partial charge in [-0.1, -0.05) is 71.8 Å². The van der Waals surface area contributed by atoms with E-state index in [1.807, 2.05) is 30.3 Å². The highest BCUT2D eigenvalue weighted by Crippen LogP contribution is 2.43. The molecule has 0 fully saturated rings. The zero-order chi connectivity index (χ0) is 22.9. The van der Waals surface area contributed by atoms with Crippen LogP contribution in [0.4, 0.5) is 5.69 Å². The first-order valence-corrected chi connectivity index (χ1v) is 11.7. The minimum atomic E-state index is 0.224. The van der Waals surface area contributed by atoms with Crippen molar-refractivity contribution < 1.29 is 5.11 Å². The maximum absolute atomic E-state index is 10.8. The first-order chi connectivity index (χ1) is 16.0. The molecule has 0 heterocycles. The average Bonchev–Trinajstić information content (AvgIpc) is 2.99. The van der Waals surface area contributed by atoms with Gasteiger partial charge in [0.05, 0.1) is 0 Å². The Kier molecular flexibility index (Phi) is 5.70. The number of hydrogen-bond donors (Lipinski definition) is 2. The van der Waals surface area contributed by atoms with E-state index in [1.54, 1.807) is 6.07 Å².